The second kappa shape index (κ2) is 6.47. The molecule has 0 N–H and O–H groups in total. The van der Waals surface area contributed by atoms with Crippen LogP contribution in [0, 0.1) is 5.92 Å². The van der Waals surface area contributed by atoms with Gasteiger partial charge in [0.2, 0.25) is 5.91 Å². The average molecular weight is 341 g/mol. The van der Waals surface area contributed by atoms with Gasteiger partial charge in [0.15, 0.2) is 0 Å². The Balaban J connectivity index is 1.65. The van der Waals surface area contributed by atoms with Crippen molar-refractivity contribution >= 4 is 35.0 Å². The van der Waals surface area contributed by atoms with Gasteiger partial charge in [0.05, 0.1) is 10.0 Å². The van der Waals surface area contributed by atoms with Crippen LogP contribution in [-0.4, -0.2) is 47.8 Å². The third-order valence-corrected chi connectivity index (χ3v) is 4.93. The van der Waals surface area contributed by atoms with Gasteiger partial charge in [-0.3, -0.25) is 9.59 Å². The lowest BCUT2D eigenvalue weighted by Gasteiger charge is -2.22. The highest BCUT2D eigenvalue weighted by Gasteiger charge is 2.34. The van der Waals surface area contributed by atoms with Crippen molar-refractivity contribution < 1.29 is 9.59 Å². The Hall–Kier alpha value is -1.26. The van der Waals surface area contributed by atoms with Crippen LogP contribution >= 0.6 is 23.2 Å². The predicted octanol–water partition coefficient (Wildman–Crippen LogP) is 3.08. The Morgan fingerprint density at radius 1 is 0.955 bits per heavy atom. The molecule has 3 rings (SSSR count). The van der Waals surface area contributed by atoms with Crippen LogP contribution in [-0.2, 0) is 4.79 Å². The molecule has 4 nitrogen and oxygen atoms in total. The summed E-state index contributed by atoms with van der Waals surface area (Å²) < 4.78 is 0. The molecule has 1 aliphatic carbocycles. The number of amides is 2. The number of carbonyl (C=O) groups excluding carboxylic acids is 2. The summed E-state index contributed by atoms with van der Waals surface area (Å²) in [6, 6.07) is 4.93. The van der Waals surface area contributed by atoms with Crippen molar-refractivity contribution in [3.05, 3.63) is 33.8 Å². The van der Waals surface area contributed by atoms with E-state index in [-0.39, 0.29) is 17.7 Å². The van der Waals surface area contributed by atoms with Crippen LogP contribution in [0.25, 0.3) is 0 Å². The van der Waals surface area contributed by atoms with Crippen LogP contribution in [0.5, 0.6) is 0 Å². The molecule has 0 spiro atoms. The van der Waals surface area contributed by atoms with Gasteiger partial charge in [-0.1, -0.05) is 23.2 Å². The van der Waals surface area contributed by atoms with Crippen molar-refractivity contribution in [2.75, 3.05) is 26.2 Å². The van der Waals surface area contributed by atoms with Crippen LogP contribution in [0.3, 0.4) is 0 Å². The molecule has 118 valence electrons. The molecule has 1 aliphatic heterocycles. The van der Waals surface area contributed by atoms with Crippen molar-refractivity contribution in [2.45, 2.75) is 19.3 Å². The molecule has 6 heteroatoms. The van der Waals surface area contributed by atoms with Crippen molar-refractivity contribution in [2.24, 2.45) is 5.92 Å². The van der Waals surface area contributed by atoms with Crippen LogP contribution in [0.1, 0.15) is 29.6 Å². The van der Waals surface area contributed by atoms with Crippen molar-refractivity contribution in [1.82, 2.24) is 9.80 Å². The van der Waals surface area contributed by atoms with Gasteiger partial charge in [-0.2, -0.15) is 0 Å². The van der Waals surface area contributed by atoms with E-state index in [1.165, 1.54) is 0 Å². The van der Waals surface area contributed by atoms with E-state index in [1.54, 1.807) is 23.1 Å². The molecule has 1 heterocycles. The summed E-state index contributed by atoms with van der Waals surface area (Å²) in [7, 11) is 0. The van der Waals surface area contributed by atoms with Gasteiger partial charge in [-0.15, -0.1) is 0 Å². The summed E-state index contributed by atoms with van der Waals surface area (Å²) in [5.74, 6) is 0.431. The van der Waals surface area contributed by atoms with Crippen molar-refractivity contribution in [3.8, 4) is 0 Å². The smallest absolute Gasteiger partial charge is 0.253 e. The number of hydrogen-bond acceptors (Lipinski definition) is 2. The molecule has 2 aliphatic rings. The molecule has 2 fully saturated rings. The van der Waals surface area contributed by atoms with Gasteiger partial charge in [-0.25, -0.2) is 0 Å². The van der Waals surface area contributed by atoms with Crippen molar-refractivity contribution in [3.63, 3.8) is 0 Å². The second-order valence-corrected chi connectivity index (χ2v) is 6.69. The Morgan fingerprint density at radius 3 is 2.32 bits per heavy atom. The molecule has 2 amide bonds. The Bertz CT molecular complexity index is 602. The summed E-state index contributed by atoms with van der Waals surface area (Å²) >= 11 is 11.9. The summed E-state index contributed by atoms with van der Waals surface area (Å²) in [6.45, 7) is 2.58. The van der Waals surface area contributed by atoms with E-state index < -0.39 is 0 Å². The molecular formula is C16H18Cl2N2O2. The molecule has 1 aromatic rings. The zero-order chi connectivity index (χ0) is 15.7. The molecule has 1 saturated heterocycles. The SMILES string of the molecule is O=C(c1ccc(Cl)c(Cl)c1)N1CCCN(C(=O)C2CC2)CC1. The van der Waals surface area contributed by atoms with E-state index in [0.717, 1.165) is 25.8 Å². The van der Waals surface area contributed by atoms with E-state index in [1.807, 2.05) is 4.90 Å². The fourth-order valence-electron chi connectivity index (χ4n) is 2.74. The van der Waals surface area contributed by atoms with Gasteiger partial charge in [0.25, 0.3) is 5.91 Å². The minimum atomic E-state index is -0.0562. The summed E-state index contributed by atoms with van der Waals surface area (Å²) in [5.41, 5.74) is 0.538. The van der Waals surface area contributed by atoms with Gasteiger partial charge in [-0.05, 0) is 37.5 Å². The molecule has 1 aromatic carbocycles. The maximum absolute atomic E-state index is 12.6. The minimum Gasteiger partial charge on any atom is -0.341 e. The largest absolute Gasteiger partial charge is 0.341 e. The third kappa shape index (κ3) is 3.39. The number of carbonyl (C=O) groups is 2. The van der Waals surface area contributed by atoms with Crippen LogP contribution in [0.4, 0.5) is 0 Å². The van der Waals surface area contributed by atoms with Gasteiger partial charge < -0.3 is 9.80 Å². The first-order valence-electron chi connectivity index (χ1n) is 7.59. The van der Waals surface area contributed by atoms with Gasteiger partial charge in [0, 0.05) is 37.7 Å². The standard InChI is InChI=1S/C16H18Cl2N2O2/c17-13-5-4-12(10-14(13)18)16(22)20-7-1-6-19(8-9-20)15(21)11-2-3-11/h4-5,10-11H,1-3,6-9H2. The van der Waals surface area contributed by atoms with E-state index in [0.29, 0.717) is 35.2 Å². The van der Waals surface area contributed by atoms with Crippen LogP contribution in [0.15, 0.2) is 18.2 Å². The number of nitrogens with zero attached hydrogens (tertiary/aromatic N) is 2. The lowest BCUT2D eigenvalue weighted by molar-refractivity contribution is -0.132. The zero-order valence-electron chi connectivity index (χ0n) is 12.2. The number of halogens is 2. The van der Waals surface area contributed by atoms with Gasteiger partial charge in [0.1, 0.15) is 0 Å². The van der Waals surface area contributed by atoms with E-state index in [9.17, 15) is 9.59 Å². The quantitative estimate of drug-likeness (QED) is 0.829. The Labute approximate surface area is 140 Å². The van der Waals surface area contributed by atoms with E-state index in [4.69, 9.17) is 23.2 Å². The highest BCUT2D eigenvalue weighted by Crippen LogP contribution is 2.31. The average Bonchev–Trinajstić information content (AvgIpc) is 3.35. The van der Waals surface area contributed by atoms with Crippen LogP contribution in [0.2, 0.25) is 10.0 Å². The predicted molar refractivity (Wildman–Crippen MR) is 86.3 cm³/mol. The highest BCUT2D eigenvalue weighted by molar-refractivity contribution is 6.42. The maximum Gasteiger partial charge on any atom is 0.253 e. The molecular weight excluding hydrogens is 323 g/mol. The highest BCUT2D eigenvalue weighted by atomic mass is 35.5. The normalized spacial score (nSPS) is 19.0. The fraction of sp³-hybridized carbons (Fsp3) is 0.500. The first kappa shape index (κ1) is 15.6. The lowest BCUT2D eigenvalue weighted by Crippen LogP contribution is -2.37. The second-order valence-electron chi connectivity index (χ2n) is 5.87. The summed E-state index contributed by atoms with van der Waals surface area (Å²) in [6.07, 6.45) is 2.84. The summed E-state index contributed by atoms with van der Waals surface area (Å²) in [4.78, 5) is 28.4. The first-order chi connectivity index (χ1) is 10.6. The van der Waals surface area contributed by atoms with Crippen molar-refractivity contribution in [1.29, 1.82) is 0 Å². The lowest BCUT2D eigenvalue weighted by atomic mass is 10.2. The van der Waals surface area contributed by atoms with Crippen LogP contribution < -0.4 is 0 Å². The monoisotopic (exact) mass is 340 g/mol. The molecule has 1 saturated carbocycles. The molecule has 22 heavy (non-hydrogen) atoms. The number of rotatable bonds is 2. The zero-order valence-corrected chi connectivity index (χ0v) is 13.7. The first-order valence-corrected chi connectivity index (χ1v) is 8.35. The summed E-state index contributed by atoms with van der Waals surface area (Å²) in [5, 5.41) is 0.822. The molecule has 0 radical (unpaired) electrons. The van der Waals surface area contributed by atoms with E-state index >= 15 is 0 Å². The Kier molecular flexibility index (Phi) is 4.59. The number of hydrogen-bond donors (Lipinski definition) is 0. The molecule has 0 aromatic heterocycles. The fourth-order valence-corrected chi connectivity index (χ4v) is 3.04. The maximum atomic E-state index is 12.6. The topological polar surface area (TPSA) is 40.6 Å². The van der Waals surface area contributed by atoms with Gasteiger partial charge >= 0.3 is 0 Å². The molecule has 0 unspecified atom stereocenters. The number of benzene rings is 1. The third-order valence-electron chi connectivity index (χ3n) is 4.19. The Morgan fingerprint density at radius 2 is 1.64 bits per heavy atom. The molecule has 0 atom stereocenters. The minimum absolute atomic E-state index is 0.0562. The van der Waals surface area contributed by atoms with E-state index in [2.05, 4.69) is 0 Å². The molecule has 0 bridgehead atoms.